The van der Waals surface area contributed by atoms with E-state index in [4.69, 9.17) is 9.47 Å². The molecule has 132 valence electrons. The van der Waals surface area contributed by atoms with Crippen molar-refractivity contribution in [3.05, 3.63) is 0 Å². The topological polar surface area (TPSA) is 50.8 Å². The third-order valence-corrected chi connectivity index (χ3v) is 5.52. The van der Waals surface area contributed by atoms with Gasteiger partial charge in [-0.2, -0.15) is 0 Å². The van der Waals surface area contributed by atoms with Crippen LogP contribution in [0.25, 0.3) is 0 Å². The van der Waals surface area contributed by atoms with Crippen LogP contribution in [0.2, 0.25) is 0 Å². The van der Waals surface area contributed by atoms with Crippen molar-refractivity contribution in [1.82, 2.24) is 10.2 Å². The van der Waals surface area contributed by atoms with Crippen LogP contribution in [0.15, 0.2) is 0 Å². The number of hydrogen-bond acceptors (Lipinski definition) is 3. The molecule has 3 atom stereocenters. The van der Waals surface area contributed by atoms with Crippen molar-refractivity contribution in [2.75, 3.05) is 26.3 Å². The second-order valence-corrected chi connectivity index (χ2v) is 6.75. The molecular weight excluding hydrogens is 306 g/mol. The molecule has 2 heterocycles. The summed E-state index contributed by atoms with van der Waals surface area (Å²) in [7, 11) is 0. The fourth-order valence-corrected chi connectivity index (χ4v) is 4.07. The number of ether oxygens (including phenoxy) is 2. The Morgan fingerprint density at radius 1 is 1.43 bits per heavy atom. The van der Waals surface area contributed by atoms with Crippen molar-refractivity contribution in [2.45, 2.75) is 63.2 Å². The van der Waals surface area contributed by atoms with Gasteiger partial charge in [0.15, 0.2) is 0 Å². The molecular formula is C16H26F2N2O3. The van der Waals surface area contributed by atoms with Crippen LogP contribution in [0.1, 0.15) is 39.0 Å². The summed E-state index contributed by atoms with van der Waals surface area (Å²) in [5.41, 5.74) is -0.382. The molecule has 1 saturated carbocycles. The second-order valence-electron chi connectivity index (χ2n) is 6.75. The molecule has 1 N–H and O–H groups in total. The van der Waals surface area contributed by atoms with Gasteiger partial charge in [0.1, 0.15) is 5.60 Å². The fourth-order valence-electron chi connectivity index (χ4n) is 4.07. The van der Waals surface area contributed by atoms with Crippen molar-refractivity contribution in [2.24, 2.45) is 5.92 Å². The number of nitrogens with one attached hydrogen (secondary N) is 1. The van der Waals surface area contributed by atoms with E-state index in [1.807, 2.05) is 6.92 Å². The predicted octanol–water partition coefficient (Wildman–Crippen LogP) is 2.40. The summed E-state index contributed by atoms with van der Waals surface area (Å²) in [6, 6.07) is -0.200. The lowest BCUT2D eigenvalue weighted by Gasteiger charge is -2.52. The number of likely N-dealkylation sites (tertiary alicyclic amines) is 1. The first kappa shape index (κ1) is 16.9. The Labute approximate surface area is 135 Å². The normalized spacial score (nSPS) is 34.9. The molecule has 3 unspecified atom stereocenters. The number of hydrogen-bond donors (Lipinski definition) is 1. The molecule has 1 aliphatic carbocycles. The Hall–Kier alpha value is -0.950. The van der Waals surface area contributed by atoms with Crippen molar-refractivity contribution >= 4 is 6.03 Å². The molecule has 5 nitrogen and oxygen atoms in total. The van der Waals surface area contributed by atoms with Crippen LogP contribution in [0.4, 0.5) is 13.6 Å². The number of halogens is 2. The van der Waals surface area contributed by atoms with E-state index >= 15 is 0 Å². The molecule has 23 heavy (non-hydrogen) atoms. The van der Waals surface area contributed by atoms with E-state index in [2.05, 4.69) is 5.32 Å². The van der Waals surface area contributed by atoms with Gasteiger partial charge in [-0.25, -0.2) is 13.6 Å². The Morgan fingerprint density at radius 3 is 2.74 bits per heavy atom. The monoisotopic (exact) mass is 332 g/mol. The third kappa shape index (κ3) is 3.18. The second kappa shape index (κ2) is 6.89. The van der Waals surface area contributed by atoms with Crippen LogP contribution in [-0.4, -0.2) is 61.4 Å². The zero-order chi connectivity index (χ0) is 16.4. The molecule has 3 fully saturated rings. The lowest BCUT2D eigenvalue weighted by molar-refractivity contribution is -0.195. The molecule has 1 spiro atoms. The van der Waals surface area contributed by atoms with Gasteiger partial charge in [0.05, 0.1) is 12.1 Å². The standard InChI is InChI=1S/C16H26F2N2O3/c1-2-22-13-10-12(16(13)6-3-9-23-16)19-15(21)20-7-4-11(5-8-20)14(17)18/h11-14H,2-10H2,1H3,(H,19,21). The Kier molecular flexibility index (Phi) is 5.06. The Balaban J connectivity index is 1.52. The number of urea groups is 1. The molecule has 0 aromatic heterocycles. The van der Waals surface area contributed by atoms with Crippen molar-refractivity contribution < 1.29 is 23.0 Å². The van der Waals surface area contributed by atoms with Crippen LogP contribution in [0.3, 0.4) is 0 Å². The molecule has 2 aliphatic heterocycles. The number of carbonyl (C=O) groups is 1. The summed E-state index contributed by atoms with van der Waals surface area (Å²) in [5.74, 6) is -0.574. The van der Waals surface area contributed by atoms with Gasteiger partial charge in [-0.15, -0.1) is 0 Å². The van der Waals surface area contributed by atoms with Gasteiger partial charge < -0.3 is 19.7 Å². The van der Waals surface area contributed by atoms with Gasteiger partial charge in [0.2, 0.25) is 6.43 Å². The molecule has 3 rings (SSSR count). The zero-order valence-electron chi connectivity index (χ0n) is 13.6. The Bertz CT molecular complexity index is 422. The number of amides is 2. The highest BCUT2D eigenvalue weighted by atomic mass is 19.3. The van der Waals surface area contributed by atoms with E-state index in [0.29, 0.717) is 39.1 Å². The fraction of sp³-hybridized carbons (Fsp3) is 0.938. The average Bonchev–Trinajstić information content (AvgIpc) is 3.06. The number of piperidine rings is 1. The van der Waals surface area contributed by atoms with E-state index in [1.54, 1.807) is 4.90 Å². The highest BCUT2D eigenvalue weighted by Gasteiger charge is 2.59. The summed E-state index contributed by atoms with van der Waals surface area (Å²) >= 11 is 0. The summed E-state index contributed by atoms with van der Waals surface area (Å²) in [6.45, 7) is 4.10. The van der Waals surface area contributed by atoms with E-state index in [-0.39, 0.29) is 23.8 Å². The van der Waals surface area contributed by atoms with Crippen LogP contribution in [0.5, 0.6) is 0 Å². The largest absolute Gasteiger partial charge is 0.375 e. The minimum Gasteiger partial charge on any atom is -0.375 e. The maximum atomic E-state index is 12.7. The minimum absolute atomic E-state index is 0.0399. The van der Waals surface area contributed by atoms with Crippen molar-refractivity contribution in [3.63, 3.8) is 0 Å². The van der Waals surface area contributed by atoms with E-state index in [1.165, 1.54) is 0 Å². The van der Waals surface area contributed by atoms with Gasteiger partial charge in [0, 0.05) is 32.2 Å². The molecule has 2 amide bonds. The maximum Gasteiger partial charge on any atom is 0.317 e. The van der Waals surface area contributed by atoms with Gasteiger partial charge in [0.25, 0.3) is 0 Å². The van der Waals surface area contributed by atoms with E-state index in [9.17, 15) is 13.6 Å². The van der Waals surface area contributed by atoms with Crippen molar-refractivity contribution in [1.29, 1.82) is 0 Å². The van der Waals surface area contributed by atoms with Crippen molar-refractivity contribution in [3.8, 4) is 0 Å². The molecule has 2 saturated heterocycles. The Morgan fingerprint density at radius 2 is 2.17 bits per heavy atom. The predicted molar refractivity (Wildman–Crippen MR) is 80.6 cm³/mol. The number of rotatable bonds is 4. The summed E-state index contributed by atoms with van der Waals surface area (Å²) in [5, 5.41) is 3.05. The number of carbonyl (C=O) groups excluding carboxylic acids is 1. The summed E-state index contributed by atoms with van der Waals surface area (Å²) in [6.07, 6.45) is 1.15. The van der Waals surface area contributed by atoms with Gasteiger partial charge in [-0.1, -0.05) is 0 Å². The maximum absolute atomic E-state index is 12.7. The van der Waals surface area contributed by atoms with Crippen LogP contribution >= 0.6 is 0 Å². The quantitative estimate of drug-likeness (QED) is 0.860. The number of alkyl halides is 2. The zero-order valence-corrected chi connectivity index (χ0v) is 13.6. The summed E-state index contributed by atoms with van der Waals surface area (Å²) in [4.78, 5) is 14.1. The van der Waals surface area contributed by atoms with Crippen LogP contribution < -0.4 is 5.32 Å². The van der Waals surface area contributed by atoms with Gasteiger partial charge in [-0.05, 0) is 39.0 Å². The smallest absolute Gasteiger partial charge is 0.317 e. The minimum atomic E-state index is -2.28. The molecule has 0 radical (unpaired) electrons. The summed E-state index contributed by atoms with van der Waals surface area (Å²) < 4.78 is 37.1. The van der Waals surface area contributed by atoms with Gasteiger partial charge in [-0.3, -0.25) is 0 Å². The SMILES string of the molecule is CCOC1CC(NC(=O)N2CCC(C(F)F)CC2)C12CCCO2. The molecule has 0 aromatic rings. The lowest BCUT2D eigenvalue weighted by atomic mass is 9.70. The van der Waals surface area contributed by atoms with Crippen LogP contribution in [0, 0.1) is 5.92 Å². The number of nitrogens with zero attached hydrogens (tertiary/aromatic N) is 1. The molecule has 0 aromatic carbocycles. The van der Waals surface area contributed by atoms with Crippen LogP contribution in [-0.2, 0) is 9.47 Å². The average molecular weight is 332 g/mol. The first-order chi connectivity index (χ1) is 11.1. The first-order valence-electron chi connectivity index (χ1n) is 8.66. The highest BCUT2D eigenvalue weighted by Crippen LogP contribution is 2.45. The molecule has 0 bridgehead atoms. The molecule has 7 heteroatoms. The first-order valence-corrected chi connectivity index (χ1v) is 8.66. The third-order valence-electron chi connectivity index (χ3n) is 5.52. The highest BCUT2D eigenvalue weighted by molar-refractivity contribution is 5.75. The van der Waals surface area contributed by atoms with Gasteiger partial charge >= 0.3 is 6.03 Å². The molecule has 3 aliphatic rings. The van der Waals surface area contributed by atoms with E-state index in [0.717, 1.165) is 19.3 Å². The lowest BCUT2D eigenvalue weighted by Crippen LogP contribution is -2.70. The van der Waals surface area contributed by atoms with E-state index < -0.39 is 12.3 Å².